The van der Waals surface area contributed by atoms with Crippen LogP contribution in [0.2, 0.25) is 0 Å². The molecule has 1 aliphatic rings. The molecule has 0 aromatic heterocycles. The van der Waals surface area contributed by atoms with E-state index in [0.29, 0.717) is 13.2 Å². The van der Waals surface area contributed by atoms with E-state index in [-0.39, 0.29) is 41.8 Å². The quantitative estimate of drug-likeness (QED) is 0.294. The number of aliphatic imine (C=N–C) groups is 1. The second-order valence-electron chi connectivity index (χ2n) is 6.52. The first-order valence-electron chi connectivity index (χ1n) is 9.03. The van der Waals surface area contributed by atoms with Crippen molar-refractivity contribution in [2.24, 2.45) is 10.9 Å². The van der Waals surface area contributed by atoms with Gasteiger partial charge in [0, 0.05) is 26.7 Å². The summed E-state index contributed by atoms with van der Waals surface area (Å²) in [6.45, 7) is 6.16. The molecule has 1 unspecified atom stereocenters. The Balaban J connectivity index is 0.00000364. The zero-order chi connectivity index (χ0) is 19.1. The van der Waals surface area contributed by atoms with Crippen LogP contribution in [-0.4, -0.2) is 50.1 Å². The highest BCUT2D eigenvalue weighted by molar-refractivity contribution is 14.0. The zero-order valence-corrected chi connectivity index (χ0v) is 18.3. The van der Waals surface area contributed by atoms with E-state index < -0.39 is 11.6 Å². The Morgan fingerprint density at radius 1 is 1.33 bits per heavy atom. The third-order valence-corrected chi connectivity index (χ3v) is 4.71. The normalized spacial score (nSPS) is 16.5. The standard InChI is InChI=1S/C19H27F2N3O2.HI/c1-4-26-18(25)14-7-9-24(10-8-14)19(22-3)23-12-13(2)15-5-6-16(20)17(21)11-15;/h5-6,11,13-14H,4,7-10,12H2,1-3H3,(H,22,23);1H. The topological polar surface area (TPSA) is 53.9 Å². The summed E-state index contributed by atoms with van der Waals surface area (Å²) in [6, 6.07) is 3.98. The molecule has 152 valence electrons. The van der Waals surface area contributed by atoms with Gasteiger partial charge in [-0.2, -0.15) is 0 Å². The molecule has 0 bridgehead atoms. The molecule has 2 rings (SSSR count). The van der Waals surface area contributed by atoms with Crippen molar-refractivity contribution in [1.29, 1.82) is 0 Å². The number of nitrogens with one attached hydrogen (secondary N) is 1. The third-order valence-electron chi connectivity index (χ3n) is 4.71. The van der Waals surface area contributed by atoms with Gasteiger partial charge in [-0.1, -0.05) is 13.0 Å². The molecule has 1 atom stereocenters. The molecule has 1 fully saturated rings. The number of hydrogen-bond donors (Lipinski definition) is 1. The van der Waals surface area contributed by atoms with Crippen LogP contribution in [0.3, 0.4) is 0 Å². The van der Waals surface area contributed by atoms with E-state index in [1.54, 1.807) is 13.1 Å². The summed E-state index contributed by atoms with van der Waals surface area (Å²) in [7, 11) is 1.71. The van der Waals surface area contributed by atoms with E-state index in [9.17, 15) is 13.6 Å². The lowest BCUT2D eigenvalue weighted by Crippen LogP contribution is -2.47. The number of guanidine groups is 1. The van der Waals surface area contributed by atoms with Crippen LogP contribution in [0.25, 0.3) is 0 Å². The Hall–Kier alpha value is -1.45. The number of benzene rings is 1. The molecule has 0 amide bonds. The van der Waals surface area contributed by atoms with Crippen LogP contribution in [-0.2, 0) is 9.53 Å². The van der Waals surface area contributed by atoms with Gasteiger partial charge in [-0.05, 0) is 43.4 Å². The van der Waals surface area contributed by atoms with Crippen molar-refractivity contribution in [3.8, 4) is 0 Å². The maximum atomic E-state index is 13.4. The first kappa shape index (κ1) is 23.6. The molecule has 0 radical (unpaired) electrons. The molecule has 1 aromatic rings. The van der Waals surface area contributed by atoms with Crippen LogP contribution in [0.4, 0.5) is 8.78 Å². The number of piperidine rings is 1. The van der Waals surface area contributed by atoms with Gasteiger partial charge in [0.05, 0.1) is 12.5 Å². The summed E-state index contributed by atoms with van der Waals surface area (Å²) >= 11 is 0. The number of hydrogen-bond acceptors (Lipinski definition) is 3. The molecule has 0 saturated carbocycles. The van der Waals surface area contributed by atoms with E-state index in [1.165, 1.54) is 6.07 Å². The maximum absolute atomic E-state index is 13.4. The van der Waals surface area contributed by atoms with E-state index in [0.717, 1.165) is 43.5 Å². The Morgan fingerprint density at radius 3 is 2.56 bits per heavy atom. The van der Waals surface area contributed by atoms with Crippen LogP contribution in [0.5, 0.6) is 0 Å². The number of likely N-dealkylation sites (tertiary alicyclic amines) is 1. The number of carbonyl (C=O) groups is 1. The van der Waals surface area contributed by atoms with Crippen molar-refractivity contribution in [2.45, 2.75) is 32.6 Å². The van der Waals surface area contributed by atoms with E-state index in [4.69, 9.17) is 4.74 Å². The minimum absolute atomic E-state index is 0. The number of carbonyl (C=O) groups excluding carboxylic acids is 1. The Kier molecular flexibility index (Phi) is 9.97. The predicted molar refractivity (Wildman–Crippen MR) is 112 cm³/mol. The molecular formula is C19H28F2IN3O2. The second-order valence-corrected chi connectivity index (χ2v) is 6.52. The van der Waals surface area contributed by atoms with Crippen molar-refractivity contribution in [3.63, 3.8) is 0 Å². The second kappa shape index (κ2) is 11.4. The minimum Gasteiger partial charge on any atom is -0.466 e. The van der Waals surface area contributed by atoms with E-state index >= 15 is 0 Å². The van der Waals surface area contributed by atoms with Gasteiger partial charge in [0.2, 0.25) is 0 Å². The van der Waals surface area contributed by atoms with Gasteiger partial charge in [-0.3, -0.25) is 9.79 Å². The largest absolute Gasteiger partial charge is 0.466 e. The Labute approximate surface area is 176 Å². The fraction of sp³-hybridized carbons (Fsp3) is 0.579. The third kappa shape index (κ3) is 6.58. The molecule has 0 aliphatic carbocycles. The number of esters is 1. The molecule has 1 N–H and O–H groups in total. The number of halogens is 3. The zero-order valence-electron chi connectivity index (χ0n) is 16.0. The van der Waals surface area contributed by atoms with Crippen LogP contribution in [0, 0.1) is 17.6 Å². The van der Waals surface area contributed by atoms with Gasteiger partial charge in [0.15, 0.2) is 17.6 Å². The van der Waals surface area contributed by atoms with Crippen LogP contribution in [0.1, 0.15) is 38.2 Å². The highest BCUT2D eigenvalue weighted by Gasteiger charge is 2.27. The van der Waals surface area contributed by atoms with Crippen molar-refractivity contribution >= 4 is 35.9 Å². The summed E-state index contributed by atoms with van der Waals surface area (Å²) < 4.78 is 31.5. The van der Waals surface area contributed by atoms with Gasteiger partial charge in [0.25, 0.3) is 0 Å². The SMILES string of the molecule is CCOC(=O)C1CCN(C(=NC)NCC(C)c2ccc(F)c(F)c2)CC1.I. The van der Waals surface area contributed by atoms with Gasteiger partial charge < -0.3 is 15.0 Å². The van der Waals surface area contributed by atoms with E-state index in [2.05, 4.69) is 15.2 Å². The van der Waals surface area contributed by atoms with Crippen molar-refractivity contribution in [2.75, 3.05) is 33.3 Å². The summed E-state index contributed by atoms with van der Waals surface area (Å²) in [5.74, 6) is -1.10. The summed E-state index contributed by atoms with van der Waals surface area (Å²) in [6.07, 6.45) is 1.47. The lowest BCUT2D eigenvalue weighted by atomic mass is 9.97. The first-order valence-corrected chi connectivity index (χ1v) is 9.03. The lowest BCUT2D eigenvalue weighted by molar-refractivity contribution is -0.149. The first-order chi connectivity index (χ1) is 12.5. The Bertz CT molecular complexity index is 650. The van der Waals surface area contributed by atoms with Gasteiger partial charge in [0.1, 0.15) is 0 Å². The molecule has 1 aromatic carbocycles. The van der Waals surface area contributed by atoms with Gasteiger partial charge in [-0.15, -0.1) is 24.0 Å². The summed E-state index contributed by atoms with van der Waals surface area (Å²) in [5, 5.41) is 3.28. The average molecular weight is 495 g/mol. The fourth-order valence-corrected chi connectivity index (χ4v) is 3.10. The lowest BCUT2D eigenvalue weighted by Gasteiger charge is -2.33. The molecule has 1 aliphatic heterocycles. The maximum Gasteiger partial charge on any atom is 0.309 e. The summed E-state index contributed by atoms with van der Waals surface area (Å²) in [5.41, 5.74) is 0.730. The molecule has 27 heavy (non-hydrogen) atoms. The van der Waals surface area contributed by atoms with Crippen LogP contribution < -0.4 is 5.32 Å². The number of nitrogens with zero attached hydrogens (tertiary/aromatic N) is 2. The molecule has 8 heteroatoms. The van der Waals surface area contributed by atoms with Crippen molar-refractivity contribution in [3.05, 3.63) is 35.4 Å². The Morgan fingerprint density at radius 2 is 2.00 bits per heavy atom. The minimum atomic E-state index is -0.839. The highest BCUT2D eigenvalue weighted by atomic mass is 127. The van der Waals surface area contributed by atoms with Crippen molar-refractivity contribution < 1.29 is 18.3 Å². The smallest absolute Gasteiger partial charge is 0.309 e. The van der Waals surface area contributed by atoms with Crippen molar-refractivity contribution in [1.82, 2.24) is 10.2 Å². The van der Waals surface area contributed by atoms with Gasteiger partial charge >= 0.3 is 5.97 Å². The summed E-state index contributed by atoms with van der Waals surface area (Å²) in [4.78, 5) is 18.2. The monoisotopic (exact) mass is 495 g/mol. The number of rotatable bonds is 5. The number of ether oxygens (including phenoxy) is 1. The fourth-order valence-electron chi connectivity index (χ4n) is 3.10. The molecule has 1 heterocycles. The molecule has 0 spiro atoms. The van der Waals surface area contributed by atoms with Crippen LogP contribution >= 0.6 is 24.0 Å². The predicted octanol–water partition coefficient (Wildman–Crippen LogP) is 3.54. The molecule has 1 saturated heterocycles. The van der Waals surface area contributed by atoms with Crippen LogP contribution in [0.15, 0.2) is 23.2 Å². The molecule has 5 nitrogen and oxygen atoms in total. The van der Waals surface area contributed by atoms with Gasteiger partial charge in [-0.25, -0.2) is 8.78 Å². The van der Waals surface area contributed by atoms with E-state index in [1.807, 2.05) is 13.8 Å². The average Bonchev–Trinajstić information content (AvgIpc) is 2.65. The highest BCUT2D eigenvalue weighted by Crippen LogP contribution is 2.20. The molecular weight excluding hydrogens is 467 g/mol.